The van der Waals surface area contributed by atoms with E-state index in [0.29, 0.717) is 5.58 Å². The number of phenols is 1. The van der Waals surface area contributed by atoms with Gasteiger partial charge in [0.05, 0.1) is 5.39 Å². The molecular formula is C11H14BrN3O2. The van der Waals surface area contributed by atoms with Gasteiger partial charge >= 0.3 is 0 Å². The van der Waals surface area contributed by atoms with Crippen LogP contribution in [0.2, 0.25) is 0 Å². The lowest BCUT2D eigenvalue weighted by Crippen LogP contribution is -2.43. The number of aromatic hydroxyl groups is 1. The summed E-state index contributed by atoms with van der Waals surface area (Å²) in [6.07, 6.45) is 0. The fourth-order valence-corrected chi connectivity index (χ4v) is 2.02. The summed E-state index contributed by atoms with van der Waals surface area (Å²) >= 11 is 0. The highest BCUT2D eigenvalue weighted by atomic mass is 79.9. The van der Waals surface area contributed by atoms with Gasteiger partial charge < -0.3 is 19.8 Å². The maximum absolute atomic E-state index is 9.34. The summed E-state index contributed by atoms with van der Waals surface area (Å²) in [6.45, 7) is 3.80. The van der Waals surface area contributed by atoms with Crippen LogP contribution in [-0.4, -0.2) is 36.4 Å². The molecule has 1 aromatic carbocycles. The lowest BCUT2D eigenvalue weighted by atomic mass is 10.2. The van der Waals surface area contributed by atoms with Crippen molar-refractivity contribution < 1.29 is 9.63 Å². The van der Waals surface area contributed by atoms with Crippen LogP contribution in [0.25, 0.3) is 11.0 Å². The van der Waals surface area contributed by atoms with Crippen LogP contribution in [0.15, 0.2) is 22.7 Å². The first-order chi connectivity index (χ1) is 7.84. The molecule has 1 aliphatic rings. The summed E-state index contributed by atoms with van der Waals surface area (Å²) < 4.78 is 5.21. The van der Waals surface area contributed by atoms with Gasteiger partial charge in [-0.2, -0.15) is 0 Å². The maximum Gasteiger partial charge on any atom is 0.180 e. The second kappa shape index (κ2) is 4.93. The number of phenolic OH excluding ortho intramolecular Hbond substituents is 1. The monoisotopic (exact) mass is 299 g/mol. The molecule has 0 unspecified atom stereocenters. The highest BCUT2D eigenvalue weighted by Gasteiger charge is 2.17. The summed E-state index contributed by atoms with van der Waals surface area (Å²) in [6, 6.07) is 5.10. The zero-order valence-electron chi connectivity index (χ0n) is 9.22. The smallest absolute Gasteiger partial charge is 0.180 e. The van der Waals surface area contributed by atoms with Gasteiger partial charge in [-0.3, -0.25) is 0 Å². The summed E-state index contributed by atoms with van der Waals surface area (Å²) in [4.78, 5) is 2.19. The molecular weight excluding hydrogens is 286 g/mol. The molecule has 0 aliphatic carbocycles. The van der Waals surface area contributed by atoms with Gasteiger partial charge in [0, 0.05) is 32.2 Å². The number of hydrogen-bond donors (Lipinski definition) is 2. The lowest BCUT2D eigenvalue weighted by Gasteiger charge is -2.26. The van der Waals surface area contributed by atoms with Crippen LogP contribution in [0.5, 0.6) is 5.75 Å². The Bertz CT molecular complexity index is 508. The van der Waals surface area contributed by atoms with Crippen molar-refractivity contribution in [2.75, 3.05) is 31.1 Å². The summed E-state index contributed by atoms with van der Waals surface area (Å²) in [5, 5.41) is 17.7. The third-order valence-electron chi connectivity index (χ3n) is 2.85. The molecule has 2 aromatic rings. The Labute approximate surface area is 109 Å². The van der Waals surface area contributed by atoms with E-state index in [4.69, 9.17) is 4.52 Å². The van der Waals surface area contributed by atoms with Crippen LogP contribution in [0.3, 0.4) is 0 Å². The second-order valence-electron chi connectivity index (χ2n) is 3.92. The Morgan fingerprint density at radius 1 is 1.29 bits per heavy atom. The largest absolute Gasteiger partial charge is 0.508 e. The zero-order chi connectivity index (χ0) is 11.0. The number of piperazine rings is 1. The molecule has 1 fully saturated rings. The van der Waals surface area contributed by atoms with E-state index in [9.17, 15) is 5.11 Å². The average Bonchev–Trinajstić information content (AvgIpc) is 2.73. The quantitative estimate of drug-likeness (QED) is 0.836. The van der Waals surface area contributed by atoms with Crippen LogP contribution in [0, 0.1) is 0 Å². The van der Waals surface area contributed by atoms with E-state index in [0.717, 1.165) is 37.4 Å². The number of anilines is 1. The molecule has 1 aliphatic heterocycles. The van der Waals surface area contributed by atoms with Crippen LogP contribution < -0.4 is 10.2 Å². The fraction of sp³-hybridized carbons (Fsp3) is 0.364. The molecule has 0 atom stereocenters. The molecule has 5 nitrogen and oxygen atoms in total. The predicted molar refractivity (Wildman–Crippen MR) is 71.1 cm³/mol. The third kappa shape index (κ3) is 2.23. The SMILES string of the molecule is Br.Oc1ccc2c(N3CCNCC3)noc2c1. The van der Waals surface area contributed by atoms with Crippen LogP contribution in [0.1, 0.15) is 0 Å². The molecule has 92 valence electrons. The fourth-order valence-electron chi connectivity index (χ4n) is 2.02. The number of rotatable bonds is 1. The first-order valence-corrected chi connectivity index (χ1v) is 5.39. The van der Waals surface area contributed by atoms with Crippen molar-refractivity contribution in [1.82, 2.24) is 10.5 Å². The average molecular weight is 300 g/mol. The Hall–Kier alpha value is -1.27. The molecule has 1 aromatic heterocycles. The van der Waals surface area contributed by atoms with Gasteiger partial charge in [-0.15, -0.1) is 17.0 Å². The number of aromatic nitrogens is 1. The van der Waals surface area contributed by atoms with Gasteiger partial charge in [0.2, 0.25) is 0 Å². The molecule has 6 heteroatoms. The van der Waals surface area contributed by atoms with Crippen molar-refractivity contribution >= 4 is 33.8 Å². The van der Waals surface area contributed by atoms with Crippen LogP contribution in [0.4, 0.5) is 5.82 Å². The standard InChI is InChI=1S/C11H13N3O2.BrH/c15-8-1-2-9-10(7-8)16-13-11(9)14-5-3-12-4-6-14;/h1-2,7,12,15H,3-6H2;1H. The Morgan fingerprint density at radius 2 is 2.06 bits per heavy atom. The lowest BCUT2D eigenvalue weighted by molar-refractivity contribution is 0.445. The van der Waals surface area contributed by atoms with E-state index in [1.54, 1.807) is 12.1 Å². The highest BCUT2D eigenvalue weighted by Crippen LogP contribution is 2.28. The zero-order valence-corrected chi connectivity index (χ0v) is 10.9. The van der Waals surface area contributed by atoms with Crippen LogP contribution in [-0.2, 0) is 0 Å². The summed E-state index contributed by atoms with van der Waals surface area (Å²) in [7, 11) is 0. The molecule has 2 heterocycles. The molecule has 0 spiro atoms. The summed E-state index contributed by atoms with van der Waals surface area (Å²) in [5.74, 6) is 1.08. The Balaban J connectivity index is 0.00000108. The molecule has 0 amide bonds. The molecule has 17 heavy (non-hydrogen) atoms. The number of hydrogen-bond acceptors (Lipinski definition) is 5. The number of benzene rings is 1. The molecule has 2 N–H and O–H groups in total. The van der Waals surface area contributed by atoms with Gasteiger partial charge in [-0.1, -0.05) is 5.16 Å². The number of halogens is 1. The Morgan fingerprint density at radius 3 is 2.82 bits per heavy atom. The minimum Gasteiger partial charge on any atom is -0.508 e. The van der Waals surface area contributed by atoms with Crippen molar-refractivity contribution in [3.05, 3.63) is 18.2 Å². The first-order valence-electron chi connectivity index (χ1n) is 5.39. The molecule has 0 bridgehead atoms. The number of fused-ring (bicyclic) bond motifs is 1. The third-order valence-corrected chi connectivity index (χ3v) is 2.85. The highest BCUT2D eigenvalue weighted by molar-refractivity contribution is 8.93. The first kappa shape index (κ1) is 12.2. The maximum atomic E-state index is 9.34. The molecule has 1 saturated heterocycles. The number of nitrogens with one attached hydrogen (secondary N) is 1. The van der Waals surface area contributed by atoms with Crippen molar-refractivity contribution in [2.45, 2.75) is 0 Å². The predicted octanol–water partition coefficient (Wildman–Crippen LogP) is 1.52. The second-order valence-corrected chi connectivity index (χ2v) is 3.92. The van der Waals surface area contributed by atoms with Gasteiger partial charge in [0.15, 0.2) is 11.4 Å². The minimum atomic E-state index is 0. The number of nitrogens with zero attached hydrogens (tertiary/aromatic N) is 2. The van der Waals surface area contributed by atoms with E-state index < -0.39 is 0 Å². The summed E-state index contributed by atoms with van der Waals surface area (Å²) in [5.41, 5.74) is 0.633. The van der Waals surface area contributed by atoms with E-state index >= 15 is 0 Å². The van der Waals surface area contributed by atoms with Crippen molar-refractivity contribution in [1.29, 1.82) is 0 Å². The van der Waals surface area contributed by atoms with E-state index in [-0.39, 0.29) is 22.7 Å². The van der Waals surface area contributed by atoms with Gasteiger partial charge in [0.1, 0.15) is 5.75 Å². The van der Waals surface area contributed by atoms with E-state index in [1.165, 1.54) is 0 Å². The Kier molecular flexibility index (Phi) is 3.54. The van der Waals surface area contributed by atoms with E-state index in [2.05, 4.69) is 15.4 Å². The van der Waals surface area contributed by atoms with Crippen molar-refractivity contribution in [2.24, 2.45) is 0 Å². The van der Waals surface area contributed by atoms with Gasteiger partial charge in [-0.25, -0.2) is 0 Å². The molecule has 3 rings (SSSR count). The van der Waals surface area contributed by atoms with Gasteiger partial charge in [-0.05, 0) is 12.1 Å². The topological polar surface area (TPSA) is 61.5 Å². The molecule has 0 radical (unpaired) electrons. The van der Waals surface area contributed by atoms with Gasteiger partial charge in [0.25, 0.3) is 0 Å². The normalized spacial score (nSPS) is 15.9. The molecule has 0 saturated carbocycles. The van der Waals surface area contributed by atoms with Crippen molar-refractivity contribution in [3.8, 4) is 5.75 Å². The van der Waals surface area contributed by atoms with Crippen molar-refractivity contribution in [3.63, 3.8) is 0 Å². The van der Waals surface area contributed by atoms with E-state index in [1.807, 2.05) is 6.07 Å². The van der Waals surface area contributed by atoms with Crippen LogP contribution >= 0.6 is 17.0 Å². The minimum absolute atomic E-state index is 0.